The summed E-state index contributed by atoms with van der Waals surface area (Å²) in [6.07, 6.45) is -1.65. The Hall–Kier alpha value is -2.52. The van der Waals surface area contributed by atoms with Crippen LogP contribution >= 0.6 is 0 Å². The minimum atomic E-state index is -4.44. The molecule has 9 heteroatoms. The second kappa shape index (κ2) is 9.15. The number of rotatable bonds is 6. The van der Waals surface area contributed by atoms with E-state index in [0.717, 1.165) is 50.2 Å². The Balaban J connectivity index is 1.44. The molecule has 0 aliphatic carbocycles. The van der Waals surface area contributed by atoms with Gasteiger partial charge in [-0.3, -0.25) is 9.80 Å². The Morgan fingerprint density at radius 3 is 2.56 bits per heavy atom. The molecule has 5 nitrogen and oxygen atoms in total. The van der Waals surface area contributed by atoms with Gasteiger partial charge in [0.1, 0.15) is 25.2 Å². The van der Waals surface area contributed by atoms with Crippen molar-refractivity contribution in [2.75, 3.05) is 40.0 Å². The third-order valence-corrected chi connectivity index (χ3v) is 6.10. The highest BCUT2D eigenvalue weighted by Crippen LogP contribution is 2.39. The van der Waals surface area contributed by atoms with E-state index in [1.165, 1.54) is 25.3 Å². The summed E-state index contributed by atoms with van der Waals surface area (Å²) in [5.74, 6) is 0.572. The van der Waals surface area contributed by atoms with E-state index in [-0.39, 0.29) is 18.2 Å². The molecule has 32 heavy (non-hydrogen) atoms. The number of ether oxygens (including phenoxy) is 3. The summed E-state index contributed by atoms with van der Waals surface area (Å²) >= 11 is 0. The van der Waals surface area contributed by atoms with Gasteiger partial charge in [0.2, 0.25) is 0 Å². The first-order valence-electron chi connectivity index (χ1n) is 10.7. The van der Waals surface area contributed by atoms with Gasteiger partial charge in [0.05, 0.1) is 25.8 Å². The fourth-order valence-corrected chi connectivity index (χ4v) is 4.48. The van der Waals surface area contributed by atoms with E-state index < -0.39 is 17.8 Å². The van der Waals surface area contributed by atoms with Gasteiger partial charge in [-0.05, 0) is 43.5 Å². The lowest BCUT2D eigenvalue weighted by Crippen LogP contribution is -2.58. The van der Waals surface area contributed by atoms with Crippen molar-refractivity contribution in [2.24, 2.45) is 0 Å². The molecule has 2 aromatic carbocycles. The fourth-order valence-electron chi connectivity index (χ4n) is 4.48. The first-order chi connectivity index (χ1) is 15.3. The van der Waals surface area contributed by atoms with Crippen LogP contribution in [-0.4, -0.2) is 46.1 Å². The quantitative estimate of drug-likeness (QED) is 0.505. The standard InChI is InChI=1S/C23H27F4N2O3/c1-30-21-12-17(24)6-7-19(21)29(9-3-2-4-10-29)15-28-13-18-14-31-20-8-5-16(23(25,26)27)11-22(20)32-18/h5-8,11-12,18,28H,2-4,9-10,13-15H2,1H3/q+1/t18-/m0/s1. The summed E-state index contributed by atoms with van der Waals surface area (Å²) in [7, 11) is 1.53. The Labute approximate surface area is 184 Å². The first-order valence-corrected chi connectivity index (χ1v) is 10.7. The van der Waals surface area contributed by atoms with E-state index >= 15 is 0 Å². The van der Waals surface area contributed by atoms with E-state index in [1.54, 1.807) is 6.07 Å². The molecule has 0 unspecified atom stereocenters. The minimum absolute atomic E-state index is 0.0972. The molecule has 0 saturated carbocycles. The lowest BCUT2D eigenvalue weighted by Gasteiger charge is -2.42. The van der Waals surface area contributed by atoms with Crippen molar-refractivity contribution in [3.05, 3.63) is 47.8 Å². The lowest BCUT2D eigenvalue weighted by molar-refractivity contribution is -0.137. The summed E-state index contributed by atoms with van der Waals surface area (Å²) in [4.78, 5) is 0. The van der Waals surface area contributed by atoms with Crippen molar-refractivity contribution in [3.8, 4) is 17.2 Å². The fraction of sp³-hybridized carbons (Fsp3) is 0.478. The molecule has 1 saturated heterocycles. The van der Waals surface area contributed by atoms with Crippen molar-refractivity contribution < 1.29 is 31.8 Å². The van der Waals surface area contributed by atoms with E-state index in [9.17, 15) is 17.6 Å². The van der Waals surface area contributed by atoms with Crippen LogP contribution in [0.4, 0.5) is 23.2 Å². The summed E-state index contributed by atoms with van der Waals surface area (Å²) in [6, 6.07) is 7.87. The summed E-state index contributed by atoms with van der Waals surface area (Å²) in [5, 5.41) is 3.40. The number of likely N-dealkylation sites (tertiary alicyclic amines) is 1. The van der Waals surface area contributed by atoms with Gasteiger partial charge >= 0.3 is 6.18 Å². The van der Waals surface area contributed by atoms with Crippen molar-refractivity contribution >= 4 is 5.69 Å². The van der Waals surface area contributed by atoms with Crippen molar-refractivity contribution in [1.29, 1.82) is 0 Å². The second-order valence-electron chi connectivity index (χ2n) is 8.29. The van der Waals surface area contributed by atoms with Gasteiger partial charge in [-0.2, -0.15) is 13.2 Å². The number of methoxy groups -OCH3 is 1. The maximum Gasteiger partial charge on any atom is 0.416 e. The molecule has 0 aromatic heterocycles. The predicted molar refractivity (Wildman–Crippen MR) is 113 cm³/mol. The molecule has 0 amide bonds. The molecule has 2 aliphatic rings. The average Bonchev–Trinajstić information content (AvgIpc) is 2.78. The normalized spacial score (nSPS) is 20.1. The van der Waals surface area contributed by atoms with Gasteiger partial charge in [0.25, 0.3) is 0 Å². The number of nitrogens with one attached hydrogen (secondary N) is 1. The zero-order chi connectivity index (χ0) is 22.8. The molecule has 1 N–H and O–H groups in total. The van der Waals surface area contributed by atoms with E-state index in [4.69, 9.17) is 14.2 Å². The molecular formula is C23H27F4N2O3+. The minimum Gasteiger partial charge on any atom is -0.491 e. The van der Waals surface area contributed by atoms with Crippen LogP contribution in [0.2, 0.25) is 0 Å². The predicted octanol–water partition coefficient (Wildman–Crippen LogP) is 4.73. The zero-order valence-electron chi connectivity index (χ0n) is 17.9. The zero-order valence-corrected chi connectivity index (χ0v) is 17.9. The number of hydrogen-bond donors (Lipinski definition) is 1. The molecule has 1 fully saturated rings. The van der Waals surface area contributed by atoms with Crippen molar-refractivity contribution in [1.82, 2.24) is 9.80 Å². The highest BCUT2D eigenvalue weighted by molar-refractivity contribution is 5.56. The molecule has 174 valence electrons. The monoisotopic (exact) mass is 455 g/mol. The molecule has 0 bridgehead atoms. The molecule has 2 heterocycles. The maximum atomic E-state index is 13.7. The number of quaternary nitrogens is 1. The maximum absolute atomic E-state index is 13.7. The molecular weight excluding hydrogens is 428 g/mol. The number of nitrogens with zero attached hydrogens (tertiary/aromatic N) is 1. The van der Waals surface area contributed by atoms with E-state index in [0.29, 0.717) is 29.2 Å². The van der Waals surface area contributed by atoms with Gasteiger partial charge in [0.15, 0.2) is 22.9 Å². The Bertz CT molecular complexity index is 945. The molecule has 2 aromatic rings. The molecule has 4 rings (SSSR count). The highest BCUT2D eigenvalue weighted by Gasteiger charge is 2.36. The van der Waals surface area contributed by atoms with Crippen LogP contribution < -0.4 is 24.0 Å². The van der Waals surface area contributed by atoms with Crippen LogP contribution in [0.15, 0.2) is 36.4 Å². The Kier molecular flexibility index (Phi) is 6.48. The number of fused-ring (bicyclic) bond motifs is 1. The third-order valence-electron chi connectivity index (χ3n) is 6.10. The lowest BCUT2D eigenvalue weighted by atomic mass is 10.1. The second-order valence-corrected chi connectivity index (χ2v) is 8.29. The van der Waals surface area contributed by atoms with Crippen molar-refractivity contribution in [2.45, 2.75) is 31.5 Å². The van der Waals surface area contributed by atoms with Gasteiger partial charge in [-0.15, -0.1) is 0 Å². The SMILES string of the molecule is COc1cc(F)ccc1[N+]1(CNC[C@H]2COc3ccc(C(F)(F)F)cc3O2)CCCCC1. The molecule has 2 aliphatic heterocycles. The molecule has 0 radical (unpaired) electrons. The average molecular weight is 455 g/mol. The Morgan fingerprint density at radius 1 is 1.06 bits per heavy atom. The van der Waals surface area contributed by atoms with E-state index in [1.807, 2.05) is 0 Å². The number of benzene rings is 2. The Morgan fingerprint density at radius 2 is 1.84 bits per heavy atom. The van der Waals surface area contributed by atoms with Crippen LogP contribution in [0, 0.1) is 5.82 Å². The van der Waals surface area contributed by atoms with Gasteiger partial charge in [-0.1, -0.05) is 0 Å². The topological polar surface area (TPSA) is 39.7 Å². The number of piperidine rings is 1. The third kappa shape index (κ3) is 4.78. The molecule has 0 spiro atoms. The van der Waals surface area contributed by atoms with Crippen LogP contribution in [0.3, 0.4) is 0 Å². The van der Waals surface area contributed by atoms with Crippen LogP contribution in [0.5, 0.6) is 17.2 Å². The van der Waals surface area contributed by atoms with E-state index in [2.05, 4.69) is 5.32 Å². The number of halogens is 4. The van der Waals surface area contributed by atoms with Crippen LogP contribution in [-0.2, 0) is 6.18 Å². The summed E-state index contributed by atoms with van der Waals surface area (Å²) in [6.45, 7) is 2.98. The largest absolute Gasteiger partial charge is 0.491 e. The van der Waals surface area contributed by atoms with Gasteiger partial charge in [0, 0.05) is 18.7 Å². The smallest absolute Gasteiger partial charge is 0.416 e. The van der Waals surface area contributed by atoms with Gasteiger partial charge in [-0.25, -0.2) is 4.39 Å². The van der Waals surface area contributed by atoms with Crippen LogP contribution in [0.25, 0.3) is 0 Å². The summed E-state index contributed by atoms with van der Waals surface area (Å²) in [5.41, 5.74) is 0.150. The van der Waals surface area contributed by atoms with Crippen molar-refractivity contribution in [3.63, 3.8) is 0 Å². The summed E-state index contributed by atoms with van der Waals surface area (Å²) < 4.78 is 70.2. The van der Waals surface area contributed by atoms with Crippen LogP contribution in [0.1, 0.15) is 24.8 Å². The number of alkyl halides is 3. The highest BCUT2D eigenvalue weighted by atomic mass is 19.4. The molecule has 1 atom stereocenters. The number of hydrogen-bond acceptors (Lipinski definition) is 4. The van der Waals surface area contributed by atoms with Gasteiger partial charge < -0.3 is 14.2 Å². The first kappa shape index (κ1) is 22.7.